The summed E-state index contributed by atoms with van der Waals surface area (Å²) in [6, 6.07) is 15.0. The maximum atomic E-state index is 5.45. The molecule has 3 heterocycles. The summed E-state index contributed by atoms with van der Waals surface area (Å²) in [6.07, 6.45) is 0. The monoisotopic (exact) mass is 311 g/mol. The highest BCUT2D eigenvalue weighted by Gasteiger charge is 2.35. The molecule has 1 atom stereocenters. The SMILES string of the molecule is C[C@@H](c1ccccc1)N1CC(c2nc(-c3cccs3)no2)C1. The van der Waals surface area contributed by atoms with Crippen LogP contribution >= 0.6 is 11.3 Å². The van der Waals surface area contributed by atoms with Gasteiger partial charge >= 0.3 is 0 Å². The van der Waals surface area contributed by atoms with Gasteiger partial charge in [0, 0.05) is 19.1 Å². The summed E-state index contributed by atoms with van der Waals surface area (Å²) < 4.78 is 5.45. The first-order valence-electron chi connectivity index (χ1n) is 7.48. The molecule has 0 bridgehead atoms. The van der Waals surface area contributed by atoms with E-state index >= 15 is 0 Å². The first kappa shape index (κ1) is 13.7. The largest absolute Gasteiger partial charge is 0.339 e. The highest BCUT2D eigenvalue weighted by atomic mass is 32.1. The summed E-state index contributed by atoms with van der Waals surface area (Å²) in [7, 11) is 0. The second-order valence-electron chi connectivity index (χ2n) is 5.67. The van der Waals surface area contributed by atoms with Gasteiger partial charge in [0.05, 0.1) is 10.8 Å². The summed E-state index contributed by atoms with van der Waals surface area (Å²) >= 11 is 1.63. The van der Waals surface area contributed by atoms with E-state index in [1.54, 1.807) is 11.3 Å². The lowest BCUT2D eigenvalue weighted by molar-refractivity contribution is 0.0835. The second kappa shape index (κ2) is 5.66. The molecule has 1 aliphatic heterocycles. The Bertz CT molecular complexity index is 732. The van der Waals surface area contributed by atoms with Crippen molar-refractivity contribution in [1.29, 1.82) is 0 Å². The number of rotatable bonds is 4. The quantitative estimate of drug-likeness (QED) is 0.731. The average Bonchev–Trinajstić information content (AvgIpc) is 3.17. The van der Waals surface area contributed by atoms with Gasteiger partial charge in [-0.1, -0.05) is 41.6 Å². The summed E-state index contributed by atoms with van der Waals surface area (Å²) in [5, 5.41) is 6.12. The fourth-order valence-electron chi connectivity index (χ4n) is 2.83. The lowest BCUT2D eigenvalue weighted by Gasteiger charge is -2.41. The molecule has 0 saturated carbocycles. The Morgan fingerprint density at radius 3 is 2.73 bits per heavy atom. The summed E-state index contributed by atoms with van der Waals surface area (Å²) in [4.78, 5) is 8.05. The van der Waals surface area contributed by atoms with Gasteiger partial charge in [-0.05, 0) is 23.9 Å². The van der Waals surface area contributed by atoms with E-state index in [-0.39, 0.29) is 0 Å². The number of likely N-dealkylation sites (tertiary alicyclic amines) is 1. The standard InChI is InChI=1S/C17H17N3OS/c1-12(13-6-3-2-4-7-13)20-10-14(11-20)17-18-16(19-21-17)15-8-5-9-22-15/h2-9,12,14H,10-11H2,1H3/t12-/m0/s1. The van der Waals surface area contributed by atoms with Crippen molar-refractivity contribution in [3.05, 3.63) is 59.3 Å². The van der Waals surface area contributed by atoms with Gasteiger partial charge in [0.25, 0.3) is 0 Å². The Balaban J connectivity index is 1.41. The van der Waals surface area contributed by atoms with Crippen LogP contribution in [-0.2, 0) is 0 Å². The topological polar surface area (TPSA) is 42.2 Å². The van der Waals surface area contributed by atoms with Gasteiger partial charge in [0.1, 0.15) is 0 Å². The van der Waals surface area contributed by atoms with Crippen LogP contribution in [0.15, 0.2) is 52.4 Å². The van der Waals surface area contributed by atoms with Crippen molar-refractivity contribution in [2.24, 2.45) is 0 Å². The summed E-state index contributed by atoms with van der Waals surface area (Å²) in [5.41, 5.74) is 1.35. The molecular weight excluding hydrogens is 294 g/mol. The molecule has 0 unspecified atom stereocenters. The Labute approximate surface area is 133 Å². The van der Waals surface area contributed by atoms with Gasteiger partial charge in [-0.15, -0.1) is 11.3 Å². The number of hydrogen-bond donors (Lipinski definition) is 0. The van der Waals surface area contributed by atoms with Crippen molar-refractivity contribution in [3.63, 3.8) is 0 Å². The van der Waals surface area contributed by atoms with Crippen molar-refractivity contribution in [1.82, 2.24) is 15.0 Å². The fraction of sp³-hybridized carbons (Fsp3) is 0.294. The van der Waals surface area contributed by atoms with Crippen molar-refractivity contribution >= 4 is 11.3 Å². The zero-order valence-electron chi connectivity index (χ0n) is 12.3. The molecule has 0 aliphatic carbocycles. The van der Waals surface area contributed by atoms with E-state index in [2.05, 4.69) is 52.3 Å². The maximum Gasteiger partial charge on any atom is 0.232 e. The van der Waals surface area contributed by atoms with Crippen molar-refractivity contribution in [2.45, 2.75) is 18.9 Å². The van der Waals surface area contributed by atoms with Crippen molar-refractivity contribution < 1.29 is 4.52 Å². The van der Waals surface area contributed by atoms with Gasteiger partial charge in [-0.2, -0.15) is 4.98 Å². The molecule has 3 aromatic rings. The zero-order valence-corrected chi connectivity index (χ0v) is 13.2. The Kier molecular flexibility index (Phi) is 3.52. The van der Waals surface area contributed by atoms with E-state index in [9.17, 15) is 0 Å². The molecule has 1 aliphatic rings. The van der Waals surface area contributed by atoms with E-state index < -0.39 is 0 Å². The molecule has 22 heavy (non-hydrogen) atoms. The van der Waals surface area contributed by atoms with Gasteiger partial charge in [0.2, 0.25) is 11.7 Å². The van der Waals surface area contributed by atoms with Crippen LogP contribution in [0.1, 0.15) is 30.3 Å². The minimum atomic E-state index is 0.354. The van der Waals surface area contributed by atoms with Crippen LogP contribution in [0.3, 0.4) is 0 Å². The number of hydrogen-bond acceptors (Lipinski definition) is 5. The molecule has 112 valence electrons. The number of benzene rings is 1. The molecule has 1 aromatic carbocycles. The molecule has 0 amide bonds. The molecule has 0 N–H and O–H groups in total. The predicted molar refractivity (Wildman–Crippen MR) is 86.8 cm³/mol. The van der Waals surface area contributed by atoms with Gasteiger partial charge in [0.15, 0.2) is 0 Å². The highest BCUT2D eigenvalue weighted by molar-refractivity contribution is 7.13. The zero-order chi connectivity index (χ0) is 14.9. The average molecular weight is 311 g/mol. The molecule has 5 heteroatoms. The third-order valence-electron chi connectivity index (χ3n) is 4.27. The molecule has 2 aromatic heterocycles. The van der Waals surface area contributed by atoms with Gasteiger partial charge < -0.3 is 4.52 Å². The summed E-state index contributed by atoms with van der Waals surface area (Å²) in [5.74, 6) is 1.83. The molecule has 4 nitrogen and oxygen atoms in total. The molecule has 0 radical (unpaired) electrons. The van der Waals surface area contributed by atoms with Gasteiger partial charge in [-0.25, -0.2) is 0 Å². The first-order chi connectivity index (χ1) is 10.8. The lowest BCUT2D eigenvalue weighted by Crippen LogP contribution is -2.46. The van der Waals surface area contributed by atoms with Crippen LogP contribution in [0.2, 0.25) is 0 Å². The van der Waals surface area contributed by atoms with Crippen LogP contribution in [0, 0.1) is 0 Å². The first-order valence-corrected chi connectivity index (χ1v) is 8.35. The van der Waals surface area contributed by atoms with Crippen molar-refractivity contribution in [3.8, 4) is 10.7 Å². The number of thiophene rings is 1. The maximum absolute atomic E-state index is 5.45. The van der Waals surface area contributed by atoms with Crippen LogP contribution in [-0.4, -0.2) is 28.1 Å². The molecule has 4 rings (SSSR count). The van der Waals surface area contributed by atoms with E-state index in [1.807, 2.05) is 17.5 Å². The van der Waals surface area contributed by atoms with Crippen molar-refractivity contribution in [2.75, 3.05) is 13.1 Å². The van der Waals surface area contributed by atoms with Gasteiger partial charge in [-0.3, -0.25) is 4.90 Å². The minimum Gasteiger partial charge on any atom is -0.339 e. The Morgan fingerprint density at radius 1 is 1.18 bits per heavy atom. The molecule has 0 spiro atoms. The number of nitrogens with zero attached hydrogens (tertiary/aromatic N) is 3. The Morgan fingerprint density at radius 2 is 2.00 bits per heavy atom. The lowest BCUT2D eigenvalue weighted by atomic mass is 9.95. The second-order valence-corrected chi connectivity index (χ2v) is 6.62. The predicted octanol–water partition coefficient (Wildman–Crippen LogP) is 3.96. The van der Waals surface area contributed by atoms with Crippen LogP contribution < -0.4 is 0 Å². The van der Waals surface area contributed by atoms with E-state index in [0.717, 1.165) is 23.9 Å². The normalized spacial score (nSPS) is 17.3. The molecule has 1 fully saturated rings. The van der Waals surface area contributed by atoms with E-state index in [0.29, 0.717) is 17.8 Å². The van der Waals surface area contributed by atoms with Crippen LogP contribution in [0.25, 0.3) is 10.7 Å². The minimum absolute atomic E-state index is 0.354. The molecular formula is C17H17N3OS. The Hall–Kier alpha value is -1.98. The van der Waals surface area contributed by atoms with E-state index in [4.69, 9.17) is 4.52 Å². The third-order valence-corrected chi connectivity index (χ3v) is 5.14. The molecule has 1 saturated heterocycles. The van der Waals surface area contributed by atoms with E-state index in [1.165, 1.54) is 5.56 Å². The highest BCUT2D eigenvalue weighted by Crippen LogP contribution is 2.34. The smallest absolute Gasteiger partial charge is 0.232 e. The summed E-state index contributed by atoms with van der Waals surface area (Å²) in [6.45, 7) is 4.20. The number of aromatic nitrogens is 2. The van der Waals surface area contributed by atoms with Crippen LogP contribution in [0.4, 0.5) is 0 Å². The van der Waals surface area contributed by atoms with Crippen LogP contribution in [0.5, 0.6) is 0 Å². The fourth-order valence-corrected chi connectivity index (χ4v) is 3.48. The third kappa shape index (κ3) is 2.46.